The lowest BCUT2D eigenvalue weighted by atomic mass is 10.0. The summed E-state index contributed by atoms with van der Waals surface area (Å²) in [5, 5.41) is 3.49. The van der Waals surface area contributed by atoms with Gasteiger partial charge in [0.1, 0.15) is 5.75 Å². The summed E-state index contributed by atoms with van der Waals surface area (Å²) in [7, 11) is 1.72. The molecule has 1 aliphatic rings. The molecule has 1 aliphatic heterocycles. The molecular weight excluding hydrogens is 210 g/mol. The Bertz CT molecular complexity index is 327. The van der Waals surface area contributed by atoms with Gasteiger partial charge in [0.25, 0.3) is 0 Å². The molecule has 3 heteroatoms. The van der Waals surface area contributed by atoms with E-state index in [2.05, 4.69) is 30.4 Å². The van der Waals surface area contributed by atoms with E-state index in [0.29, 0.717) is 6.04 Å². The van der Waals surface area contributed by atoms with Gasteiger partial charge in [-0.3, -0.25) is 0 Å². The van der Waals surface area contributed by atoms with Crippen LogP contribution in [0.1, 0.15) is 18.1 Å². The molecule has 84 valence electrons. The Labute approximate surface area is 97.4 Å². The third kappa shape index (κ3) is 2.86. The van der Waals surface area contributed by atoms with E-state index in [0.717, 1.165) is 25.1 Å². The Morgan fingerprint density at radius 2 is 2.13 bits per heavy atom. The first-order valence-corrected chi connectivity index (χ1v) is 5.19. The molecule has 0 fully saturated rings. The van der Waals surface area contributed by atoms with E-state index in [4.69, 9.17) is 4.74 Å². The van der Waals surface area contributed by atoms with Crippen LogP contribution in [-0.4, -0.2) is 19.7 Å². The fourth-order valence-corrected chi connectivity index (χ4v) is 2.02. The van der Waals surface area contributed by atoms with E-state index < -0.39 is 0 Å². The molecule has 15 heavy (non-hydrogen) atoms. The topological polar surface area (TPSA) is 21.3 Å². The monoisotopic (exact) mass is 227 g/mol. The lowest BCUT2D eigenvalue weighted by Crippen LogP contribution is -2.27. The van der Waals surface area contributed by atoms with Crippen LogP contribution in [-0.2, 0) is 12.8 Å². The predicted octanol–water partition coefficient (Wildman–Crippen LogP) is 2.19. The van der Waals surface area contributed by atoms with Crippen LogP contribution < -0.4 is 10.1 Å². The zero-order valence-electron chi connectivity index (χ0n) is 9.25. The minimum absolute atomic E-state index is 0. The Morgan fingerprint density at radius 1 is 1.33 bits per heavy atom. The average Bonchev–Trinajstić information content (AvgIpc) is 2.37. The summed E-state index contributed by atoms with van der Waals surface area (Å²) in [5.41, 5.74) is 2.89. The van der Waals surface area contributed by atoms with E-state index in [9.17, 15) is 0 Å². The fourth-order valence-electron chi connectivity index (χ4n) is 2.02. The van der Waals surface area contributed by atoms with Gasteiger partial charge in [0.05, 0.1) is 7.11 Å². The molecule has 2 nitrogen and oxygen atoms in total. The van der Waals surface area contributed by atoms with E-state index >= 15 is 0 Å². The normalized spacial score (nSPS) is 19.7. The van der Waals surface area contributed by atoms with Crippen LogP contribution in [0, 0.1) is 0 Å². The maximum atomic E-state index is 5.24. The largest absolute Gasteiger partial charge is 0.497 e. The van der Waals surface area contributed by atoms with Crippen molar-refractivity contribution in [3.8, 4) is 5.75 Å². The Morgan fingerprint density at radius 3 is 2.87 bits per heavy atom. The Balaban J connectivity index is 0.00000112. The van der Waals surface area contributed by atoms with E-state index in [-0.39, 0.29) is 12.4 Å². The molecule has 1 unspecified atom stereocenters. The maximum Gasteiger partial charge on any atom is 0.119 e. The molecule has 0 aliphatic carbocycles. The van der Waals surface area contributed by atoms with Gasteiger partial charge >= 0.3 is 0 Å². The Kier molecular flexibility index (Phi) is 4.43. The van der Waals surface area contributed by atoms with Crippen LogP contribution in [0.4, 0.5) is 0 Å². The second-order valence-electron chi connectivity index (χ2n) is 3.94. The third-order valence-corrected chi connectivity index (χ3v) is 2.83. The van der Waals surface area contributed by atoms with E-state index in [1.54, 1.807) is 7.11 Å². The molecule has 0 saturated heterocycles. The molecule has 0 amide bonds. The van der Waals surface area contributed by atoms with Crippen molar-refractivity contribution in [1.82, 2.24) is 5.32 Å². The molecule has 2 rings (SSSR count). The molecule has 1 aromatic rings. The third-order valence-electron chi connectivity index (χ3n) is 2.83. The summed E-state index contributed by atoms with van der Waals surface area (Å²) >= 11 is 0. The van der Waals surface area contributed by atoms with Crippen molar-refractivity contribution in [2.75, 3.05) is 13.7 Å². The molecule has 1 atom stereocenters. The van der Waals surface area contributed by atoms with Crippen molar-refractivity contribution in [2.24, 2.45) is 0 Å². The van der Waals surface area contributed by atoms with Crippen molar-refractivity contribution in [3.05, 3.63) is 29.3 Å². The first kappa shape index (κ1) is 12.3. The SMILES string of the molecule is COc1ccc2c(c1)CC(C)NCC2.Cl. The second kappa shape index (κ2) is 5.38. The van der Waals surface area contributed by atoms with Gasteiger partial charge in [-0.25, -0.2) is 0 Å². The number of rotatable bonds is 1. The van der Waals surface area contributed by atoms with E-state index in [1.807, 2.05) is 0 Å². The minimum atomic E-state index is 0. The van der Waals surface area contributed by atoms with Gasteiger partial charge in [0, 0.05) is 6.04 Å². The van der Waals surface area contributed by atoms with Crippen LogP contribution in [0.2, 0.25) is 0 Å². The lowest BCUT2D eigenvalue weighted by Gasteiger charge is -2.10. The van der Waals surface area contributed by atoms with Crippen LogP contribution in [0.3, 0.4) is 0 Å². The minimum Gasteiger partial charge on any atom is -0.497 e. The summed E-state index contributed by atoms with van der Waals surface area (Å²) in [4.78, 5) is 0. The molecule has 1 aromatic carbocycles. The predicted molar refractivity (Wildman–Crippen MR) is 65.1 cm³/mol. The number of nitrogens with one attached hydrogen (secondary N) is 1. The summed E-state index contributed by atoms with van der Waals surface area (Å²) in [6, 6.07) is 6.98. The van der Waals surface area contributed by atoms with E-state index in [1.165, 1.54) is 11.1 Å². The van der Waals surface area contributed by atoms with Crippen LogP contribution >= 0.6 is 12.4 Å². The molecule has 0 aromatic heterocycles. The van der Waals surface area contributed by atoms with Gasteiger partial charge < -0.3 is 10.1 Å². The van der Waals surface area contributed by atoms with Gasteiger partial charge in [0.15, 0.2) is 0 Å². The molecule has 0 bridgehead atoms. The second-order valence-corrected chi connectivity index (χ2v) is 3.94. The van der Waals surface area contributed by atoms with Gasteiger partial charge in [-0.1, -0.05) is 6.07 Å². The molecular formula is C12H18ClNO. The average molecular weight is 228 g/mol. The summed E-state index contributed by atoms with van der Waals surface area (Å²) in [6.45, 7) is 3.31. The van der Waals surface area contributed by atoms with Crippen molar-refractivity contribution in [2.45, 2.75) is 25.8 Å². The highest BCUT2D eigenvalue weighted by atomic mass is 35.5. The summed E-state index contributed by atoms with van der Waals surface area (Å²) in [5.74, 6) is 0.970. The number of benzene rings is 1. The molecule has 1 N–H and O–H groups in total. The van der Waals surface area contributed by atoms with Gasteiger partial charge in [-0.15, -0.1) is 12.4 Å². The lowest BCUT2D eigenvalue weighted by molar-refractivity contribution is 0.414. The molecule has 0 spiro atoms. The molecule has 1 heterocycles. The highest BCUT2D eigenvalue weighted by molar-refractivity contribution is 5.85. The summed E-state index contributed by atoms with van der Waals surface area (Å²) < 4.78 is 5.24. The van der Waals surface area contributed by atoms with Crippen molar-refractivity contribution in [1.29, 1.82) is 0 Å². The highest BCUT2D eigenvalue weighted by Gasteiger charge is 2.12. The number of halogens is 1. The van der Waals surface area contributed by atoms with Gasteiger partial charge in [-0.2, -0.15) is 0 Å². The van der Waals surface area contributed by atoms with Gasteiger partial charge in [-0.05, 0) is 49.6 Å². The van der Waals surface area contributed by atoms with Crippen LogP contribution in [0.15, 0.2) is 18.2 Å². The Hall–Kier alpha value is -0.730. The number of hydrogen-bond donors (Lipinski definition) is 1. The summed E-state index contributed by atoms with van der Waals surface area (Å²) in [6.07, 6.45) is 2.23. The van der Waals surface area contributed by atoms with Crippen molar-refractivity contribution >= 4 is 12.4 Å². The highest BCUT2D eigenvalue weighted by Crippen LogP contribution is 2.21. The maximum absolute atomic E-state index is 5.24. The van der Waals surface area contributed by atoms with Crippen LogP contribution in [0.5, 0.6) is 5.75 Å². The first-order chi connectivity index (χ1) is 6.79. The zero-order valence-corrected chi connectivity index (χ0v) is 10.1. The molecule has 0 saturated carbocycles. The standard InChI is InChI=1S/C12H17NO.ClH/c1-9-7-11-8-12(14-2)4-3-10(11)5-6-13-9;/h3-4,8-9,13H,5-7H2,1-2H3;1H. The number of ether oxygens (including phenoxy) is 1. The number of fused-ring (bicyclic) bond motifs is 1. The van der Waals surface area contributed by atoms with Crippen LogP contribution in [0.25, 0.3) is 0 Å². The first-order valence-electron chi connectivity index (χ1n) is 5.19. The quantitative estimate of drug-likeness (QED) is 0.794. The van der Waals surface area contributed by atoms with Crippen molar-refractivity contribution in [3.63, 3.8) is 0 Å². The fraction of sp³-hybridized carbons (Fsp3) is 0.500. The molecule has 0 radical (unpaired) electrons. The number of methoxy groups -OCH3 is 1. The van der Waals surface area contributed by atoms with Crippen molar-refractivity contribution < 1.29 is 4.74 Å². The smallest absolute Gasteiger partial charge is 0.119 e. The van der Waals surface area contributed by atoms with Gasteiger partial charge in [0.2, 0.25) is 0 Å². The number of hydrogen-bond acceptors (Lipinski definition) is 2. The zero-order chi connectivity index (χ0) is 9.97.